The third-order valence-electron chi connectivity index (χ3n) is 0. The maximum atomic E-state index is 0. The van der Waals surface area contributed by atoms with Gasteiger partial charge in [-0.2, -0.15) is 0 Å². The van der Waals surface area contributed by atoms with Gasteiger partial charge in [0.1, 0.15) is 0 Å². The topological polar surface area (TPSA) is 0 Å². The summed E-state index contributed by atoms with van der Waals surface area (Å²) in [6.07, 6.45) is 0. The first-order valence-corrected chi connectivity index (χ1v) is 0. The Labute approximate surface area is 259 Å². The molecule has 0 atom stereocenters. The van der Waals surface area contributed by atoms with Crippen molar-refractivity contribution >= 4 is 0 Å². The van der Waals surface area contributed by atoms with E-state index in [0.29, 0.717) is 0 Å². The molecule has 0 saturated heterocycles. The summed E-state index contributed by atoms with van der Waals surface area (Å²) >= 11 is 0. The van der Waals surface area contributed by atoms with Gasteiger partial charge in [-0.05, 0) is 0 Å². The van der Waals surface area contributed by atoms with Crippen molar-refractivity contribution in [2.45, 2.75) is 0 Å². The quantitative estimate of drug-likeness (QED) is 0.168. The molecule has 0 aliphatic rings. The predicted octanol–water partition coefficient (Wildman–Crippen LogP) is -18.0. The summed E-state index contributed by atoms with van der Waals surface area (Å²) in [6.45, 7) is 0. The van der Waals surface area contributed by atoms with E-state index in [9.17, 15) is 0 Å². The van der Waals surface area contributed by atoms with Gasteiger partial charge in [0.15, 0.2) is 0 Å². The Morgan fingerprint density at radius 2 is 0.300 bits per heavy atom. The first-order chi connectivity index (χ1) is 0. The van der Waals surface area contributed by atoms with Gasteiger partial charge in [0.05, 0.1) is 0 Å². The Morgan fingerprint density at radius 1 is 0.300 bits per heavy atom. The van der Waals surface area contributed by atoms with Crippen LogP contribution in [0.3, 0.4) is 0 Å². The maximum absolute atomic E-state index is 0. The van der Waals surface area contributed by atoms with Gasteiger partial charge in [0.2, 0.25) is 0 Å². The Bertz CT molecular complexity index is 13.6. The molecule has 10 heavy (non-hydrogen) atoms. The largest absolute Gasteiger partial charge is 1.00 e. The van der Waals surface area contributed by atoms with Gasteiger partial charge < -0.3 is 120 Å². The average molecular weight is 1150 g/mol. The Morgan fingerprint density at radius 3 is 0.300 bits per heavy atom. The van der Waals surface area contributed by atoms with Crippen LogP contribution in [-0.4, -0.2) is 0 Å². The first kappa shape index (κ1) is 78.9. The molecule has 0 radical (unpaired) electrons. The van der Waals surface area contributed by atoms with Crippen LogP contribution in [0.25, 0.3) is 0 Å². The van der Waals surface area contributed by atoms with E-state index < -0.39 is 0 Å². The second-order valence-corrected chi connectivity index (χ2v) is 0. The average Bonchev–Trinajstić information content (AvgIpc) is 0. The van der Waals surface area contributed by atoms with Crippen LogP contribution in [-0.2, 0) is 89.5 Å². The van der Waals surface area contributed by atoms with E-state index in [0.717, 1.165) is 0 Å². The SMILES string of the molecule is [Ag+].[Ag+].[Ag+].[Ag+].[I-].[I-].[I-].[I-].[I-].[Rb+]. The Balaban J connectivity index is 0. The van der Waals surface area contributed by atoms with Crippen molar-refractivity contribution in [1.82, 2.24) is 0 Å². The van der Waals surface area contributed by atoms with Gasteiger partial charge in [0.25, 0.3) is 0 Å². The summed E-state index contributed by atoms with van der Waals surface area (Å²) in [5, 5.41) is 0. The minimum Gasteiger partial charge on any atom is -1.00 e. The fourth-order valence-electron chi connectivity index (χ4n) is 0. The normalized spacial score (nSPS) is 0. The molecule has 0 aromatic heterocycles. The van der Waals surface area contributed by atoms with Crippen molar-refractivity contribution in [3.63, 3.8) is 0 Å². The molecule has 80 valence electrons. The fraction of sp³-hybridized carbons (Fsp3) is 0. The molecule has 0 bridgehead atoms. The van der Waals surface area contributed by atoms with E-state index >= 15 is 0 Å². The van der Waals surface area contributed by atoms with Gasteiger partial charge in [-0.1, -0.05) is 0 Å². The van der Waals surface area contributed by atoms with Crippen LogP contribution in [0.5, 0.6) is 0 Å². The molecule has 0 aliphatic heterocycles. The third-order valence-corrected chi connectivity index (χ3v) is 0. The van der Waals surface area contributed by atoms with Gasteiger partial charge in [-0.25, -0.2) is 0 Å². The summed E-state index contributed by atoms with van der Waals surface area (Å²) < 4.78 is 0. The van der Waals surface area contributed by atoms with Crippen molar-refractivity contribution in [3.8, 4) is 0 Å². The van der Waals surface area contributed by atoms with Crippen LogP contribution in [0.15, 0.2) is 0 Å². The van der Waals surface area contributed by atoms with Gasteiger partial charge in [-0.15, -0.1) is 0 Å². The zero-order valence-corrected chi connectivity index (χ0v) is 25.7. The molecule has 0 fully saturated rings. The monoisotopic (exact) mass is 1150 g/mol. The number of rotatable bonds is 0. The molecule has 0 rings (SSSR count). The van der Waals surface area contributed by atoms with Crippen molar-refractivity contribution in [1.29, 1.82) is 0 Å². The summed E-state index contributed by atoms with van der Waals surface area (Å²) in [6, 6.07) is 0. The van der Waals surface area contributed by atoms with Crippen LogP contribution < -0.4 is 178 Å². The van der Waals surface area contributed by atoms with Gasteiger partial charge in [-0.3, -0.25) is 0 Å². The molecule has 0 N–H and O–H groups in total. The molecule has 0 heterocycles. The summed E-state index contributed by atoms with van der Waals surface area (Å²) in [5.41, 5.74) is 0. The second-order valence-electron chi connectivity index (χ2n) is 0. The molecular formula is Ag4I5Rb. The molecule has 0 unspecified atom stereocenters. The molecule has 0 aromatic carbocycles. The van der Waals surface area contributed by atoms with E-state index in [1.807, 2.05) is 0 Å². The van der Waals surface area contributed by atoms with Gasteiger partial charge >= 0.3 is 148 Å². The third kappa shape index (κ3) is 55.1. The zero-order valence-electron chi connectivity index (χ0n) is 4.10. The van der Waals surface area contributed by atoms with Crippen LogP contribution in [0.1, 0.15) is 0 Å². The molecule has 0 aromatic rings. The van der Waals surface area contributed by atoms with Crippen LogP contribution >= 0.6 is 0 Å². The first-order valence-electron chi connectivity index (χ1n) is 0. The summed E-state index contributed by atoms with van der Waals surface area (Å²) in [7, 11) is 0. The van der Waals surface area contributed by atoms with E-state index in [1.165, 1.54) is 0 Å². The second kappa shape index (κ2) is 66.3. The predicted molar refractivity (Wildman–Crippen MR) is 0 cm³/mol. The molecule has 0 amide bonds. The summed E-state index contributed by atoms with van der Waals surface area (Å²) in [5.74, 6) is 0. The minimum absolute atomic E-state index is 0. The van der Waals surface area contributed by atoms with Crippen molar-refractivity contribution < 1.29 is 268 Å². The standard InChI is InChI=1S/4Ag.5HI.Rb/h;;;;5*1H;/q4*+1;;;;;;+1/p-5. The fourth-order valence-corrected chi connectivity index (χ4v) is 0. The van der Waals surface area contributed by atoms with Crippen LogP contribution in [0, 0.1) is 0 Å². The molecule has 0 aliphatic carbocycles. The maximum Gasteiger partial charge on any atom is 1.00 e. The minimum atomic E-state index is 0. The number of hydrogen-bond acceptors (Lipinski definition) is 0. The van der Waals surface area contributed by atoms with E-state index in [1.54, 1.807) is 0 Å². The number of hydrogen-bond donors (Lipinski definition) is 0. The molecular weight excluding hydrogens is 1150 g/mol. The summed E-state index contributed by atoms with van der Waals surface area (Å²) in [4.78, 5) is 0. The molecule has 0 spiro atoms. The van der Waals surface area contributed by atoms with Crippen molar-refractivity contribution in [3.05, 3.63) is 0 Å². The van der Waals surface area contributed by atoms with Crippen molar-refractivity contribution in [2.75, 3.05) is 0 Å². The molecule has 0 saturated carbocycles. The van der Waals surface area contributed by atoms with Crippen molar-refractivity contribution in [2.24, 2.45) is 0 Å². The van der Waals surface area contributed by atoms with E-state index in [4.69, 9.17) is 0 Å². The van der Waals surface area contributed by atoms with Crippen LogP contribution in [0.2, 0.25) is 0 Å². The van der Waals surface area contributed by atoms with Gasteiger partial charge in [0, 0.05) is 0 Å². The van der Waals surface area contributed by atoms with Crippen LogP contribution in [0.4, 0.5) is 0 Å². The Kier molecular flexibility index (Phi) is 523. The van der Waals surface area contributed by atoms with E-state index in [-0.39, 0.29) is 268 Å². The number of halogens is 5. The Hall–Kier alpha value is 8.42. The van der Waals surface area contributed by atoms with E-state index in [2.05, 4.69) is 0 Å². The smallest absolute Gasteiger partial charge is 1.00 e. The molecule has 10 heteroatoms. The zero-order chi connectivity index (χ0) is 0. The molecule has 0 nitrogen and oxygen atoms in total.